The van der Waals surface area contributed by atoms with E-state index in [0.29, 0.717) is 6.61 Å². The lowest BCUT2D eigenvalue weighted by atomic mass is 9.89. The van der Waals surface area contributed by atoms with E-state index in [1.54, 1.807) is 0 Å². The molecule has 20 heavy (non-hydrogen) atoms. The van der Waals surface area contributed by atoms with Crippen LogP contribution in [0.4, 0.5) is 0 Å². The van der Waals surface area contributed by atoms with E-state index in [2.05, 4.69) is 0 Å². The number of fused-ring (bicyclic) bond motifs is 1. The third-order valence-corrected chi connectivity index (χ3v) is 3.93. The van der Waals surface area contributed by atoms with Crippen LogP contribution in [-0.2, 0) is 13.0 Å². The fourth-order valence-corrected chi connectivity index (χ4v) is 2.86. The van der Waals surface area contributed by atoms with Crippen LogP contribution in [0.3, 0.4) is 0 Å². The zero-order valence-electron chi connectivity index (χ0n) is 11.2. The first-order chi connectivity index (χ1) is 9.72. The highest BCUT2D eigenvalue weighted by Gasteiger charge is 2.18. The van der Waals surface area contributed by atoms with Gasteiger partial charge in [-0.3, -0.25) is 0 Å². The number of aliphatic hydroxyl groups excluding tert-OH is 1. The minimum atomic E-state index is -0.319. The Labute approximate surface area is 124 Å². The van der Waals surface area contributed by atoms with Crippen LogP contribution >= 0.6 is 11.6 Å². The summed E-state index contributed by atoms with van der Waals surface area (Å²) in [7, 11) is 0. The van der Waals surface area contributed by atoms with E-state index in [1.807, 2.05) is 42.5 Å². The van der Waals surface area contributed by atoms with Crippen LogP contribution in [0.2, 0.25) is 5.02 Å². The van der Waals surface area contributed by atoms with Gasteiger partial charge in [-0.1, -0.05) is 29.8 Å². The number of hydrogen-bond donors (Lipinski definition) is 1. The van der Waals surface area contributed by atoms with Crippen LogP contribution in [0.1, 0.15) is 35.6 Å². The van der Waals surface area contributed by atoms with E-state index in [0.717, 1.165) is 41.2 Å². The molecule has 2 nitrogen and oxygen atoms in total. The summed E-state index contributed by atoms with van der Waals surface area (Å²) in [6, 6.07) is 13.6. The molecular weight excluding hydrogens is 272 g/mol. The predicted molar refractivity (Wildman–Crippen MR) is 80.1 cm³/mol. The highest BCUT2D eigenvalue weighted by atomic mass is 35.5. The Morgan fingerprint density at radius 2 is 2.10 bits per heavy atom. The number of halogens is 1. The number of hydrogen-bond acceptors (Lipinski definition) is 2. The van der Waals surface area contributed by atoms with Crippen molar-refractivity contribution in [1.82, 2.24) is 0 Å². The zero-order chi connectivity index (χ0) is 13.9. The lowest BCUT2D eigenvalue weighted by Gasteiger charge is -2.21. The summed E-state index contributed by atoms with van der Waals surface area (Å²) in [4.78, 5) is 0. The summed E-state index contributed by atoms with van der Waals surface area (Å²) in [5, 5.41) is 10.7. The minimum absolute atomic E-state index is 0.319. The van der Waals surface area contributed by atoms with Crippen molar-refractivity contribution in [1.29, 1.82) is 0 Å². The van der Waals surface area contributed by atoms with Gasteiger partial charge in [-0.15, -0.1) is 0 Å². The molecule has 1 unspecified atom stereocenters. The second-order valence-electron chi connectivity index (χ2n) is 5.19. The molecule has 104 valence electrons. The highest BCUT2D eigenvalue weighted by Crippen LogP contribution is 2.32. The molecule has 0 bridgehead atoms. The van der Waals surface area contributed by atoms with Crippen molar-refractivity contribution in [3.63, 3.8) is 0 Å². The normalized spacial score (nSPS) is 17.6. The molecule has 1 atom stereocenters. The molecule has 0 amide bonds. The van der Waals surface area contributed by atoms with E-state index in [1.165, 1.54) is 5.56 Å². The molecule has 3 heteroatoms. The predicted octanol–water partition coefficient (Wildman–Crippen LogP) is 4.29. The number of aliphatic hydroxyl groups is 1. The van der Waals surface area contributed by atoms with Gasteiger partial charge in [-0.25, -0.2) is 0 Å². The Hall–Kier alpha value is -1.51. The topological polar surface area (TPSA) is 29.5 Å². The molecule has 0 fully saturated rings. The van der Waals surface area contributed by atoms with E-state index in [9.17, 15) is 5.11 Å². The van der Waals surface area contributed by atoms with Gasteiger partial charge in [0, 0.05) is 5.02 Å². The van der Waals surface area contributed by atoms with E-state index < -0.39 is 0 Å². The highest BCUT2D eigenvalue weighted by molar-refractivity contribution is 6.30. The number of aryl methyl sites for hydroxylation is 1. The number of ether oxygens (including phenoxy) is 1. The second-order valence-corrected chi connectivity index (χ2v) is 5.62. The Balaban J connectivity index is 1.72. The van der Waals surface area contributed by atoms with Crippen molar-refractivity contribution in [3.8, 4) is 5.75 Å². The molecule has 2 aromatic rings. The van der Waals surface area contributed by atoms with Crippen molar-refractivity contribution in [3.05, 3.63) is 64.2 Å². The molecule has 0 spiro atoms. The Bertz CT molecular complexity index is 610. The van der Waals surface area contributed by atoms with E-state index in [4.69, 9.17) is 16.3 Å². The maximum atomic E-state index is 9.94. The fraction of sp³-hybridized carbons (Fsp3) is 0.294. The molecule has 0 heterocycles. The third-order valence-electron chi connectivity index (χ3n) is 3.69. The van der Waals surface area contributed by atoms with E-state index >= 15 is 0 Å². The Morgan fingerprint density at radius 1 is 1.20 bits per heavy atom. The summed E-state index contributed by atoms with van der Waals surface area (Å²) in [6.07, 6.45) is 2.59. The molecule has 1 N–H and O–H groups in total. The lowest BCUT2D eigenvalue weighted by Crippen LogP contribution is -2.09. The van der Waals surface area contributed by atoms with Gasteiger partial charge in [0.1, 0.15) is 12.4 Å². The Kier molecular flexibility index (Phi) is 3.95. The van der Waals surface area contributed by atoms with Gasteiger partial charge in [-0.05, 0) is 60.2 Å². The van der Waals surface area contributed by atoms with Crippen molar-refractivity contribution in [2.45, 2.75) is 32.0 Å². The molecule has 0 saturated carbocycles. The van der Waals surface area contributed by atoms with Crippen molar-refractivity contribution >= 4 is 11.6 Å². The quantitative estimate of drug-likeness (QED) is 0.913. The van der Waals surface area contributed by atoms with Crippen LogP contribution in [0.25, 0.3) is 0 Å². The van der Waals surface area contributed by atoms with Crippen LogP contribution in [-0.4, -0.2) is 5.11 Å². The van der Waals surface area contributed by atoms with Gasteiger partial charge in [0.25, 0.3) is 0 Å². The van der Waals surface area contributed by atoms with Gasteiger partial charge in [0.15, 0.2) is 0 Å². The van der Waals surface area contributed by atoms with Gasteiger partial charge in [0.2, 0.25) is 0 Å². The Morgan fingerprint density at radius 3 is 2.95 bits per heavy atom. The molecule has 3 rings (SSSR count). The molecular formula is C17H17ClO2. The van der Waals surface area contributed by atoms with Crippen molar-refractivity contribution in [2.24, 2.45) is 0 Å². The van der Waals surface area contributed by atoms with Crippen LogP contribution in [0.5, 0.6) is 5.75 Å². The second kappa shape index (κ2) is 5.86. The maximum absolute atomic E-state index is 9.94. The van der Waals surface area contributed by atoms with Crippen LogP contribution < -0.4 is 4.74 Å². The van der Waals surface area contributed by atoms with Crippen LogP contribution in [0.15, 0.2) is 42.5 Å². The first-order valence-corrected chi connectivity index (χ1v) is 7.28. The van der Waals surface area contributed by atoms with Gasteiger partial charge < -0.3 is 9.84 Å². The minimum Gasteiger partial charge on any atom is -0.489 e. The summed E-state index contributed by atoms with van der Waals surface area (Å²) in [5.41, 5.74) is 3.30. The van der Waals surface area contributed by atoms with Gasteiger partial charge >= 0.3 is 0 Å². The average molecular weight is 289 g/mol. The van der Waals surface area contributed by atoms with Crippen molar-refractivity contribution < 1.29 is 9.84 Å². The zero-order valence-corrected chi connectivity index (χ0v) is 11.9. The van der Waals surface area contributed by atoms with Crippen LogP contribution in [0, 0.1) is 0 Å². The first kappa shape index (κ1) is 13.5. The smallest absolute Gasteiger partial charge is 0.120 e. The summed E-state index contributed by atoms with van der Waals surface area (Å²) < 4.78 is 5.81. The molecule has 0 aromatic heterocycles. The molecule has 0 saturated heterocycles. The SMILES string of the molecule is OC1CCCc2cc(OCc3cccc(Cl)c3)ccc21. The molecule has 1 aliphatic carbocycles. The molecule has 1 aliphatic rings. The molecule has 0 aliphatic heterocycles. The molecule has 0 radical (unpaired) electrons. The van der Waals surface area contributed by atoms with Gasteiger partial charge in [-0.2, -0.15) is 0 Å². The maximum Gasteiger partial charge on any atom is 0.120 e. The fourth-order valence-electron chi connectivity index (χ4n) is 2.65. The largest absolute Gasteiger partial charge is 0.489 e. The third kappa shape index (κ3) is 2.97. The number of rotatable bonds is 3. The summed E-state index contributed by atoms with van der Waals surface area (Å²) >= 11 is 5.95. The van der Waals surface area contributed by atoms with Crippen molar-refractivity contribution in [2.75, 3.05) is 0 Å². The standard InChI is InChI=1S/C17H17ClO2/c18-14-5-1-3-12(9-14)11-20-15-7-8-16-13(10-15)4-2-6-17(16)19/h1,3,5,7-10,17,19H,2,4,6,11H2. The lowest BCUT2D eigenvalue weighted by molar-refractivity contribution is 0.156. The summed E-state index contributed by atoms with van der Waals surface area (Å²) in [5.74, 6) is 0.845. The monoisotopic (exact) mass is 288 g/mol. The van der Waals surface area contributed by atoms with E-state index in [-0.39, 0.29) is 6.10 Å². The van der Waals surface area contributed by atoms with Gasteiger partial charge in [0.05, 0.1) is 6.10 Å². The average Bonchev–Trinajstić information content (AvgIpc) is 2.45. The number of benzene rings is 2. The molecule has 2 aromatic carbocycles. The first-order valence-electron chi connectivity index (χ1n) is 6.90. The summed E-state index contributed by atoms with van der Waals surface area (Å²) in [6.45, 7) is 0.502.